The van der Waals surface area contributed by atoms with E-state index in [0.29, 0.717) is 25.3 Å². The topological polar surface area (TPSA) is 66.1 Å². The fraction of sp³-hybridized carbons (Fsp3) is 0.522. The highest BCUT2D eigenvalue weighted by atomic mass is 19.1. The van der Waals surface area contributed by atoms with Crippen molar-refractivity contribution >= 4 is 5.91 Å². The van der Waals surface area contributed by atoms with E-state index in [1.807, 2.05) is 20.8 Å². The van der Waals surface area contributed by atoms with E-state index in [1.165, 1.54) is 6.07 Å². The smallest absolute Gasteiger partial charge is 0.256 e. The summed E-state index contributed by atoms with van der Waals surface area (Å²) in [6.07, 6.45) is 3.17. The first-order valence-electron chi connectivity index (χ1n) is 10.3. The molecule has 29 heavy (non-hydrogen) atoms. The summed E-state index contributed by atoms with van der Waals surface area (Å²) >= 11 is 0. The molecule has 5 nitrogen and oxygen atoms in total. The van der Waals surface area contributed by atoms with Crippen LogP contribution in [0.3, 0.4) is 0 Å². The van der Waals surface area contributed by atoms with Gasteiger partial charge in [0, 0.05) is 29.5 Å². The molecule has 0 bridgehead atoms. The van der Waals surface area contributed by atoms with Gasteiger partial charge in [0.1, 0.15) is 11.6 Å². The lowest BCUT2D eigenvalue weighted by atomic mass is 9.77. The number of H-pyrrole nitrogens is 1. The molecule has 1 N–H and O–H groups in total. The zero-order valence-electron chi connectivity index (χ0n) is 17.6. The van der Waals surface area contributed by atoms with E-state index in [0.717, 1.165) is 36.1 Å². The number of carbonyl (C=O) groups excluding carboxylic acids is 1. The average molecular weight is 397 g/mol. The van der Waals surface area contributed by atoms with E-state index >= 15 is 0 Å². The molecular formula is C23H28FN3O2. The Kier molecular flexibility index (Phi) is 4.63. The lowest BCUT2D eigenvalue weighted by Gasteiger charge is -2.40. The quantitative estimate of drug-likeness (QED) is 0.799. The summed E-state index contributed by atoms with van der Waals surface area (Å²) in [4.78, 5) is 35.3. The molecule has 1 spiro atoms. The largest absolute Gasteiger partial charge is 0.338 e. The van der Waals surface area contributed by atoms with Gasteiger partial charge in [0.05, 0.1) is 11.3 Å². The highest BCUT2D eigenvalue weighted by Crippen LogP contribution is 2.43. The van der Waals surface area contributed by atoms with Gasteiger partial charge in [-0.05, 0) is 50.3 Å². The number of aromatic amines is 1. The normalized spacial score (nSPS) is 21.5. The number of halogens is 1. The van der Waals surface area contributed by atoms with Crippen LogP contribution in [0, 0.1) is 12.7 Å². The number of benzene rings is 1. The third kappa shape index (κ3) is 3.38. The molecule has 0 saturated carbocycles. The molecule has 4 rings (SSSR count). The number of amides is 1. The van der Waals surface area contributed by atoms with Gasteiger partial charge in [0.15, 0.2) is 0 Å². The van der Waals surface area contributed by atoms with Gasteiger partial charge < -0.3 is 9.88 Å². The standard InChI is InChI=1S/C23H28FN3O2/c1-14-6-7-15(17(24)12-14)20(29)27-11-5-9-23(13-27)10-8-16-18(23)25-21(22(2,3)4)26-19(16)28/h6-7,12H,5,8-11,13H2,1-4H3,(H,25,26,28). The van der Waals surface area contributed by atoms with E-state index in [1.54, 1.807) is 24.0 Å². The molecule has 154 valence electrons. The van der Waals surface area contributed by atoms with Crippen LogP contribution in [0.5, 0.6) is 0 Å². The van der Waals surface area contributed by atoms with E-state index in [-0.39, 0.29) is 27.9 Å². The number of likely N-dealkylation sites (tertiary alicyclic amines) is 1. The number of aryl methyl sites for hydroxylation is 1. The Morgan fingerprint density at radius 3 is 2.72 bits per heavy atom. The zero-order valence-corrected chi connectivity index (χ0v) is 17.6. The molecule has 6 heteroatoms. The van der Waals surface area contributed by atoms with Crippen molar-refractivity contribution in [1.29, 1.82) is 0 Å². The van der Waals surface area contributed by atoms with Gasteiger partial charge in [0.25, 0.3) is 11.5 Å². The Labute approximate surface area is 170 Å². The number of aromatic nitrogens is 2. The monoisotopic (exact) mass is 397 g/mol. The Morgan fingerprint density at radius 2 is 2.03 bits per heavy atom. The predicted molar refractivity (Wildman–Crippen MR) is 110 cm³/mol. The summed E-state index contributed by atoms with van der Waals surface area (Å²) in [5, 5.41) is 0. The predicted octanol–water partition coefficient (Wildman–Crippen LogP) is 3.64. The molecule has 1 atom stereocenters. The molecule has 1 aliphatic heterocycles. The van der Waals surface area contributed by atoms with Crippen molar-refractivity contribution in [2.45, 2.75) is 64.2 Å². The van der Waals surface area contributed by atoms with Crippen LogP contribution in [-0.4, -0.2) is 33.9 Å². The van der Waals surface area contributed by atoms with Gasteiger partial charge in [-0.25, -0.2) is 9.37 Å². The maximum atomic E-state index is 14.4. The van der Waals surface area contributed by atoms with Gasteiger partial charge in [-0.15, -0.1) is 0 Å². The minimum atomic E-state index is -0.481. The number of hydrogen-bond donors (Lipinski definition) is 1. The Bertz CT molecular complexity index is 1040. The Morgan fingerprint density at radius 1 is 1.28 bits per heavy atom. The van der Waals surface area contributed by atoms with Crippen molar-refractivity contribution in [2.24, 2.45) is 0 Å². The van der Waals surface area contributed by atoms with Gasteiger partial charge in [-0.3, -0.25) is 9.59 Å². The van der Waals surface area contributed by atoms with Crippen molar-refractivity contribution in [3.8, 4) is 0 Å². The number of nitrogens with one attached hydrogen (secondary N) is 1. The number of rotatable bonds is 1. The lowest BCUT2D eigenvalue weighted by Crippen LogP contribution is -2.48. The van der Waals surface area contributed by atoms with E-state index in [2.05, 4.69) is 4.98 Å². The number of nitrogens with zero attached hydrogens (tertiary/aromatic N) is 2. The summed E-state index contributed by atoms with van der Waals surface area (Å²) < 4.78 is 14.4. The molecule has 0 radical (unpaired) electrons. The summed E-state index contributed by atoms with van der Waals surface area (Å²) in [6, 6.07) is 4.73. The lowest BCUT2D eigenvalue weighted by molar-refractivity contribution is 0.0628. The van der Waals surface area contributed by atoms with Crippen LogP contribution >= 0.6 is 0 Å². The highest BCUT2D eigenvalue weighted by Gasteiger charge is 2.46. The summed E-state index contributed by atoms with van der Waals surface area (Å²) in [6.45, 7) is 8.95. The third-order valence-corrected chi connectivity index (χ3v) is 6.30. The van der Waals surface area contributed by atoms with Crippen molar-refractivity contribution in [1.82, 2.24) is 14.9 Å². The molecule has 1 aromatic carbocycles. The second-order valence-electron chi connectivity index (χ2n) is 9.59. The Balaban J connectivity index is 1.70. The van der Waals surface area contributed by atoms with Crippen LogP contribution in [-0.2, 0) is 17.3 Å². The van der Waals surface area contributed by atoms with E-state index in [4.69, 9.17) is 4.98 Å². The minimum Gasteiger partial charge on any atom is -0.338 e. The zero-order chi connectivity index (χ0) is 21.0. The van der Waals surface area contributed by atoms with Gasteiger partial charge >= 0.3 is 0 Å². The summed E-state index contributed by atoms with van der Waals surface area (Å²) in [5.41, 5.74) is 1.83. The van der Waals surface area contributed by atoms with Crippen molar-refractivity contribution in [3.05, 3.63) is 62.6 Å². The van der Waals surface area contributed by atoms with Crippen LogP contribution in [0.4, 0.5) is 4.39 Å². The minimum absolute atomic E-state index is 0.0650. The van der Waals surface area contributed by atoms with Gasteiger partial charge in [-0.2, -0.15) is 0 Å². The van der Waals surface area contributed by atoms with Crippen LogP contribution in [0.2, 0.25) is 0 Å². The maximum absolute atomic E-state index is 14.4. The third-order valence-electron chi connectivity index (χ3n) is 6.30. The number of piperidine rings is 1. The molecule has 1 aliphatic carbocycles. The first kappa shape index (κ1) is 19.8. The molecule has 1 unspecified atom stereocenters. The van der Waals surface area contributed by atoms with E-state index < -0.39 is 5.82 Å². The van der Waals surface area contributed by atoms with Crippen molar-refractivity contribution < 1.29 is 9.18 Å². The first-order valence-corrected chi connectivity index (χ1v) is 10.3. The SMILES string of the molecule is Cc1ccc(C(=O)N2CCCC3(CCc4c3nc(C(C)(C)C)[nH]c4=O)C2)c(F)c1. The average Bonchev–Trinajstić information content (AvgIpc) is 2.99. The maximum Gasteiger partial charge on any atom is 0.256 e. The first-order chi connectivity index (χ1) is 13.6. The molecule has 1 aromatic heterocycles. The molecular weight excluding hydrogens is 369 g/mol. The second-order valence-corrected chi connectivity index (χ2v) is 9.59. The van der Waals surface area contributed by atoms with Crippen LogP contribution in [0.1, 0.15) is 73.0 Å². The van der Waals surface area contributed by atoms with Crippen LogP contribution in [0.25, 0.3) is 0 Å². The fourth-order valence-electron chi connectivity index (χ4n) is 4.67. The molecule has 2 heterocycles. The second kappa shape index (κ2) is 6.78. The number of hydrogen-bond acceptors (Lipinski definition) is 3. The molecule has 1 amide bonds. The molecule has 2 aromatic rings. The van der Waals surface area contributed by atoms with Crippen molar-refractivity contribution in [3.63, 3.8) is 0 Å². The molecule has 2 aliphatic rings. The number of fused-ring (bicyclic) bond motifs is 2. The molecule has 1 fully saturated rings. The van der Waals surface area contributed by atoms with Gasteiger partial charge in [0.2, 0.25) is 0 Å². The fourth-order valence-corrected chi connectivity index (χ4v) is 4.67. The van der Waals surface area contributed by atoms with Crippen LogP contribution < -0.4 is 5.56 Å². The summed E-state index contributed by atoms with van der Waals surface area (Å²) in [5.74, 6) is -0.0856. The van der Waals surface area contributed by atoms with Crippen LogP contribution in [0.15, 0.2) is 23.0 Å². The Hall–Kier alpha value is -2.50. The van der Waals surface area contributed by atoms with E-state index in [9.17, 15) is 14.0 Å². The van der Waals surface area contributed by atoms with Crippen molar-refractivity contribution in [2.75, 3.05) is 13.1 Å². The van der Waals surface area contributed by atoms with Gasteiger partial charge in [-0.1, -0.05) is 26.8 Å². The highest BCUT2D eigenvalue weighted by molar-refractivity contribution is 5.94. The summed E-state index contributed by atoms with van der Waals surface area (Å²) in [7, 11) is 0. The molecule has 1 saturated heterocycles. The number of carbonyl (C=O) groups is 1.